The van der Waals surface area contributed by atoms with Crippen LogP contribution in [0.5, 0.6) is 0 Å². The molecule has 0 aliphatic heterocycles. The zero-order valence-corrected chi connectivity index (χ0v) is 9.57. The number of nitrogens with one attached hydrogen (secondary N) is 1. The second-order valence-corrected chi connectivity index (χ2v) is 4.46. The van der Waals surface area contributed by atoms with E-state index in [2.05, 4.69) is 17.2 Å². The number of amides is 1. The molecule has 1 fully saturated rings. The molecular formula is C14H15NO2. The molecule has 0 atom stereocenters. The van der Waals surface area contributed by atoms with Gasteiger partial charge in [0.25, 0.3) is 5.91 Å². The van der Waals surface area contributed by atoms with Crippen LogP contribution in [0.25, 0.3) is 0 Å². The van der Waals surface area contributed by atoms with Crippen LogP contribution in [0.3, 0.4) is 0 Å². The molecule has 1 aromatic rings. The molecular weight excluding hydrogens is 214 g/mol. The number of carbonyl (C=O) groups excluding carboxylic acids is 1. The third kappa shape index (κ3) is 3.33. The van der Waals surface area contributed by atoms with Crippen molar-refractivity contribution in [3.05, 3.63) is 35.9 Å². The molecule has 0 heterocycles. The van der Waals surface area contributed by atoms with Crippen LogP contribution in [-0.2, 0) is 4.79 Å². The lowest BCUT2D eigenvalue weighted by molar-refractivity contribution is -0.116. The van der Waals surface area contributed by atoms with Crippen LogP contribution in [0.2, 0.25) is 0 Å². The van der Waals surface area contributed by atoms with Gasteiger partial charge in [0.2, 0.25) is 0 Å². The molecule has 0 aromatic heterocycles. The Morgan fingerprint density at radius 3 is 2.65 bits per heavy atom. The van der Waals surface area contributed by atoms with Gasteiger partial charge in [-0.2, -0.15) is 0 Å². The standard InChI is InChI=1S/C14H15NO2/c16-11-14(8-9-14)10-15-13(17)7-6-12-4-2-1-3-5-12/h1-5,16H,8-11H2,(H,15,17). The molecule has 1 aliphatic rings. The second-order valence-electron chi connectivity index (χ2n) is 4.46. The summed E-state index contributed by atoms with van der Waals surface area (Å²) in [5, 5.41) is 11.8. The highest BCUT2D eigenvalue weighted by molar-refractivity contribution is 5.94. The summed E-state index contributed by atoms with van der Waals surface area (Å²) < 4.78 is 0. The highest BCUT2D eigenvalue weighted by atomic mass is 16.3. The molecule has 0 saturated heterocycles. The summed E-state index contributed by atoms with van der Waals surface area (Å²) in [6, 6.07) is 9.38. The fourth-order valence-corrected chi connectivity index (χ4v) is 1.53. The zero-order chi connectivity index (χ0) is 12.1. The van der Waals surface area contributed by atoms with Gasteiger partial charge >= 0.3 is 0 Å². The van der Waals surface area contributed by atoms with Crippen molar-refractivity contribution in [3.63, 3.8) is 0 Å². The van der Waals surface area contributed by atoms with Gasteiger partial charge in [0.15, 0.2) is 0 Å². The van der Waals surface area contributed by atoms with Gasteiger partial charge in [0.05, 0.1) is 6.61 Å². The van der Waals surface area contributed by atoms with Gasteiger partial charge in [-0.1, -0.05) is 24.1 Å². The van der Waals surface area contributed by atoms with Crippen molar-refractivity contribution < 1.29 is 9.90 Å². The van der Waals surface area contributed by atoms with E-state index in [0.29, 0.717) is 6.54 Å². The molecule has 1 aliphatic carbocycles. The van der Waals surface area contributed by atoms with E-state index in [-0.39, 0.29) is 17.9 Å². The third-order valence-corrected chi connectivity index (χ3v) is 3.01. The highest BCUT2D eigenvalue weighted by Crippen LogP contribution is 2.44. The summed E-state index contributed by atoms with van der Waals surface area (Å²) in [6.45, 7) is 0.658. The van der Waals surface area contributed by atoms with Gasteiger partial charge in [0, 0.05) is 23.4 Å². The maximum Gasteiger partial charge on any atom is 0.296 e. The third-order valence-electron chi connectivity index (χ3n) is 3.01. The van der Waals surface area contributed by atoms with Crippen molar-refractivity contribution in [2.24, 2.45) is 5.41 Å². The van der Waals surface area contributed by atoms with Crippen LogP contribution in [0.4, 0.5) is 0 Å². The molecule has 1 aromatic carbocycles. The number of aliphatic hydroxyl groups excluding tert-OH is 1. The van der Waals surface area contributed by atoms with E-state index in [9.17, 15) is 4.79 Å². The Hall–Kier alpha value is -1.79. The molecule has 3 nitrogen and oxygen atoms in total. The first-order chi connectivity index (χ1) is 8.24. The Labute approximate surface area is 101 Å². The Kier molecular flexibility index (Phi) is 3.46. The molecule has 1 saturated carbocycles. The van der Waals surface area contributed by atoms with Gasteiger partial charge in [0.1, 0.15) is 0 Å². The van der Waals surface area contributed by atoms with E-state index < -0.39 is 0 Å². The van der Waals surface area contributed by atoms with Gasteiger partial charge < -0.3 is 10.4 Å². The quantitative estimate of drug-likeness (QED) is 0.757. The van der Waals surface area contributed by atoms with Crippen molar-refractivity contribution in [2.75, 3.05) is 13.2 Å². The second kappa shape index (κ2) is 5.03. The summed E-state index contributed by atoms with van der Waals surface area (Å²) in [5.41, 5.74) is 0.760. The normalized spacial score (nSPS) is 15.6. The highest BCUT2D eigenvalue weighted by Gasteiger charge is 2.41. The number of hydrogen-bond donors (Lipinski definition) is 2. The summed E-state index contributed by atoms with van der Waals surface area (Å²) in [5.74, 6) is 5.05. The Morgan fingerprint density at radius 1 is 1.35 bits per heavy atom. The monoisotopic (exact) mass is 229 g/mol. The first-order valence-electron chi connectivity index (χ1n) is 5.70. The maximum absolute atomic E-state index is 11.4. The first-order valence-corrected chi connectivity index (χ1v) is 5.70. The predicted octanol–water partition coefficient (Wildman–Crippen LogP) is 0.927. The largest absolute Gasteiger partial charge is 0.396 e. The summed E-state index contributed by atoms with van der Waals surface area (Å²) >= 11 is 0. The number of rotatable bonds is 3. The van der Waals surface area contributed by atoms with Crippen molar-refractivity contribution in [3.8, 4) is 11.8 Å². The number of aliphatic hydroxyl groups is 1. The van der Waals surface area contributed by atoms with E-state index in [1.807, 2.05) is 30.3 Å². The average Bonchev–Trinajstić information content (AvgIpc) is 3.16. The molecule has 0 spiro atoms. The van der Waals surface area contributed by atoms with Gasteiger partial charge in [-0.25, -0.2) is 0 Å². The summed E-state index contributed by atoms with van der Waals surface area (Å²) in [6.07, 6.45) is 1.96. The van der Waals surface area contributed by atoms with Gasteiger partial charge in [-0.3, -0.25) is 4.79 Å². The Bertz CT molecular complexity index is 452. The molecule has 1 amide bonds. The minimum absolute atomic E-state index is 0.0654. The van der Waals surface area contributed by atoms with E-state index in [1.54, 1.807) is 0 Å². The van der Waals surface area contributed by atoms with Crippen LogP contribution >= 0.6 is 0 Å². The van der Waals surface area contributed by atoms with Crippen LogP contribution in [-0.4, -0.2) is 24.2 Å². The fraction of sp³-hybridized carbons (Fsp3) is 0.357. The van der Waals surface area contributed by atoms with Crippen molar-refractivity contribution in [2.45, 2.75) is 12.8 Å². The molecule has 17 heavy (non-hydrogen) atoms. The van der Waals surface area contributed by atoms with Gasteiger partial charge in [-0.05, 0) is 25.0 Å². The Balaban J connectivity index is 1.84. The smallest absolute Gasteiger partial charge is 0.296 e. The van der Waals surface area contributed by atoms with Crippen molar-refractivity contribution in [1.82, 2.24) is 5.32 Å². The lowest BCUT2D eigenvalue weighted by atomic mass is 10.1. The van der Waals surface area contributed by atoms with Gasteiger partial charge in [-0.15, -0.1) is 0 Å². The SMILES string of the molecule is O=C(C#Cc1ccccc1)NCC1(CO)CC1. The van der Waals surface area contributed by atoms with E-state index >= 15 is 0 Å². The lowest BCUT2D eigenvalue weighted by Crippen LogP contribution is -2.30. The number of carbonyl (C=O) groups is 1. The molecule has 0 radical (unpaired) electrons. The van der Waals surface area contributed by atoms with Crippen molar-refractivity contribution >= 4 is 5.91 Å². The molecule has 2 rings (SSSR count). The van der Waals surface area contributed by atoms with Crippen LogP contribution < -0.4 is 5.32 Å². The van der Waals surface area contributed by atoms with Crippen LogP contribution in [0, 0.1) is 17.3 Å². The molecule has 0 bridgehead atoms. The first kappa shape index (κ1) is 11.7. The molecule has 2 N–H and O–H groups in total. The summed E-state index contributed by atoms with van der Waals surface area (Å²) in [7, 11) is 0. The number of benzene rings is 1. The Morgan fingerprint density at radius 2 is 2.06 bits per heavy atom. The minimum atomic E-state index is -0.284. The minimum Gasteiger partial charge on any atom is -0.396 e. The lowest BCUT2D eigenvalue weighted by Gasteiger charge is -2.10. The van der Waals surface area contributed by atoms with E-state index in [4.69, 9.17) is 5.11 Å². The molecule has 88 valence electrons. The van der Waals surface area contributed by atoms with Crippen LogP contribution in [0.1, 0.15) is 18.4 Å². The topological polar surface area (TPSA) is 49.3 Å². The maximum atomic E-state index is 11.4. The van der Waals surface area contributed by atoms with E-state index in [0.717, 1.165) is 18.4 Å². The van der Waals surface area contributed by atoms with E-state index in [1.165, 1.54) is 0 Å². The average molecular weight is 229 g/mol. The fourth-order valence-electron chi connectivity index (χ4n) is 1.53. The van der Waals surface area contributed by atoms with Crippen LogP contribution in [0.15, 0.2) is 30.3 Å². The zero-order valence-electron chi connectivity index (χ0n) is 9.57. The molecule has 0 unspecified atom stereocenters. The number of hydrogen-bond acceptors (Lipinski definition) is 2. The predicted molar refractivity (Wildman–Crippen MR) is 65.1 cm³/mol. The van der Waals surface area contributed by atoms with Crippen molar-refractivity contribution in [1.29, 1.82) is 0 Å². The molecule has 3 heteroatoms. The summed E-state index contributed by atoms with van der Waals surface area (Å²) in [4.78, 5) is 11.4.